The van der Waals surface area contributed by atoms with Crippen LogP contribution in [-0.4, -0.2) is 119 Å². The van der Waals surface area contributed by atoms with Crippen LogP contribution in [0.25, 0.3) is 0 Å². The number of alkyl halides is 3. The van der Waals surface area contributed by atoms with Gasteiger partial charge in [-0.1, -0.05) is 108 Å². The SMILES string of the molecule is C1CCCCC1.CCN(CC)CC.CO.Cl.ClCCl.Nc1ccccc1N1CCCCC1.O=C(Cl)c1ccncc1.O=C(Nc1ccccc1N1CCCCC1)c1ccncc1.O=[N+]([O-])c1ccccc1F.O=[N+]([O-])c1ccccc1N1CCCCC1.[2H]CF. The molecule has 0 radical (unpaired) electrons. The van der Waals surface area contributed by atoms with Gasteiger partial charge in [0.2, 0.25) is 5.82 Å². The van der Waals surface area contributed by atoms with Crippen LogP contribution in [-0.2, 0) is 0 Å². The Morgan fingerprint density at radius 2 is 0.899 bits per heavy atom. The van der Waals surface area contributed by atoms with E-state index in [1.165, 1.54) is 133 Å². The number of anilines is 5. The number of nitrogen functional groups attached to an aromatic ring is 1. The number of aliphatic hydroxyl groups is 1. The molecule has 492 valence electrons. The van der Waals surface area contributed by atoms with Crippen LogP contribution >= 0.6 is 47.2 Å². The van der Waals surface area contributed by atoms with Crippen molar-refractivity contribution in [2.75, 3.05) is 104 Å². The van der Waals surface area contributed by atoms with Crippen molar-refractivity contribution >= 4 is 98.2 Å². The van der Waals surface area contributed by atoms with Crippen LogP contribution in [0.2, 0.25) is 0 Å². The molecular weight excluding hydrogens is 1220 g/mol. The van der Waals surface area contributed by atoms with Crippen LogP contribution in [0.1, 0.15) is 139 Å². The highest BCUT2D eigenvalue weighted by Crippen LogP contribution is 2.31. The number of nitrogens with two attached hydrogens (primary N) is 1. The number of nitrogens with zero attached hydrogens (tertiary/aromatic N) is 8. The first-order valence-corrected chi connectivity index (χ1v) is 31.4. The molecule has 1 saturated carbocycles. The van der Waals surface area contributed by atoms with Crippen molar-refractivity contribution in [3.8, 4) is 0 Å². The molecule has 0 atom stereocenters. The summed E-state index contributed by atoms with van der Waals surface area (Å²) in [6, 6.07) is 34.7. The van der Waals surface area contributed by atoms with Gasteiger partial charge in [-0.15, -0.1) is 35.6 Å². The third-order valence-electron chi connectivity index (χ3n) is 14.0. The lowest BCUT2D eigenvalue weighted by molar-refractivity contribution is -0.387. The van der Waals surface area contributed by atoms with E-state index in [-0.39, 0.29) is 34.3 Å². The molecule has 10 rings (SSSR count). The van der Waals surface area contributed by atoms with Crippen LogP contribution in [0.3, 0.4) is 0 Å². The number of piperidine rings is 3. The molecule has 2 aromatic heterocycles. The number of pyridine rings is 2. The van der Waals surface area contributed by atoms with Crippen LogP contribution < -0.4 is 25.8 Å². The molecule has 17 nitrogen and oxygen atoms in total. The van der Waals surface area contributed by atoms with Gasteiger partial charge in [-0.2, -0.15) is 4.39 Å². The average Bonchev–Trinajstić information content (AvgIpc) is 1.56. The van der Waals surface area contributed by atoms with E-state index in [2.05, 4.69) is 73.9 Å². The Morgan fingerprint density at radius 1 is 0.573 bits per heavy atom. The molecule has 4 aromatic carbocycles. The molecule has 3 saturated heterocycles. The van der Waals surface area contributed by atoms with E-state index in [4.69, 9.17) is 47.0 Å². The van der Waals surface area contributed by atoms with Gasteiger partial charge in [-0.05, 0) is 150 Å². The summed E-state index contributed by atoms with van der Waals surface area (Å²) in [6.45, 7) is 16.4. The van der Waals surface area contributed by atoms with E-state index in [0.29, 0.717) is 11.1 Å². The van der Waals surface area contributed by atoms with Gasteiger partial charge >= 0.3 is 5.69 Å². The number of hydrogen-bond donors (Lipinski definition) is 3. The minimum absolute atomic E-state index is 0. The summed E-state index contributed by atoms with van der Waals surface area (Å²) in [5.74, 6) is -0.894. The first kappa shape index (κ1) is 80.3. The lowest BCUT2D eigenvalue weighted by Crippen LogP contribution is -2.30. The number of benzene rings is 4. The first-order chi connectivity index (χ1) is 43.2. The Balaban J connectivity index is 0.00000104. The quantitative estimate of drug-likeness (QED) is 0.0362. The predicted octanol–water partition coefficient (Wildman–Crippen LogP) is 17.1. The van der Waals surface area contributed by atoms with Crippen LogP contribution in [0.15, 0.2) is 146 Å². The zero-order valence-corrected chi connectivity index (χ0v) is 55.2. The largest absolute Gasteiger partial charge is 0.400 e. The van der Waals surface area contributed by atoms with Gasteiger partial charge in [0.15, 0.2) is 0 Å². The van der Waals surface area contributed by atoms with E-state index in [1.54, 1.807) is 48.8 Å². The molecule has 1 amide bonds. The molecule has 4 aliphatic rings. The highest BCUT2D eigenvalue weighted by molar-refractivity contribution is 6.67. The molecular formula is C66H94Cl4F2N10O7. The van der Waals surface area contributed by atoms with Crippen LogP contribution in [0.4, 0.5) is 48.6 Å². The highest BCUT2D eigenvalue weighted by Gasteiger charge is 2.20. The van der Waals surface area contributed by atoms with Crippen molar-refractivity contribution in [3.05, 3.63) is 183 Å². The Morgan fingerprint density at radius 3 is 1.26 bits per heavy atom. The minimum atomic E-state index is -1.00. The average molecular weight is 1320 g/mol. The summed E-state index contributed by atoms with van der Waals surface area (Å²) in [4.78, 5) is 59.3. The topological polar surface area (TPSA) is 217 Å². The van der Waals surface area contributed by atoms with Crippen LogP contribution in [0, 0.1) is 26.0 Å². The number of carbonyl (C=O) groups excluding carboxylic acids is 2. The van der Waals surface area contributed by atoms with Crippen molar-refractivity contribution in [1.82, 2.24) is 14.9 Å². The molecule has 0 unspecified atom stereocenters. The number of halogens is 6. The minimum Gasteiger partial charge on any atom is -0.400 e. The zero-order valence-electron chi connectivity index (χ0n) is 53.1. The number of nitrogens with one attached hydrogen (secondary N) is 1. The highest BCUT2D eigenvalue weighted by atomic mass is 35.5. The Bertz CT molecular complexity index is 2770. The number of nitro benzene ring substituents is 2. The van der Waals surface area contributed by atoms with Gasteiger partial charge in [-0.3, -0.25) is 44.2 Å². The van der Waals surface area contributed by atoms with Gasteiger partial charge < -0.3 is 35.8 Å². The lowest BCUT2D eigenvalue weighted by atomic mass is 10.0. The predicted molar refractivity (Wildman–Crippen MR) is 368 cm³/mol. The van der Waals surface area contributed by atoms with E-state index in [9.17, 15) is 38.6 Å². The maximum Gasteiger partial charge on any atom is 0.304 e. The molecule has 0 spiro atoms. The van der Waals surface area contributed by atoms with Gasteiger partial charge in [0.05, 0.1) is 46.5 Å². The van der Waals surface area contributed by atoms with Crippen molar-refractivity contribution in [2.24, 2.45) is 0 Å². The monoisotopic (exact) mass is 1320 g/mol. The fourth-order valence-electron chi connectivity index (χ4n) is 9.43. The normalized spacial score (nSPS) is 13.7. The van der Waals surface area contributed by atoms with Crippen LogP contribution in [0.5, 0.6) is 0 Å². The van der Waals surface area contributed by atoms with Crippen molar-refractivity contribution in [3.63, 3.8) is 0 Å². The molecule has 5 heterocycles. The number of para-hydroxylation sites is 7. The third-order valence-corrected chi connectivity index (χ3v) is 14.2. The second kappa shape index (κ2) is 53.1. The molecule has 23 heteroatoms. The molecule has 89 heavy (non-hydrogen) atoms. The Hall–Kier alpha value is -6.74. The molecule has 1 aliphatic carbocycles. The number of aliphatic hydroxyl groups excluding tert-OH is 1. The number of aromatic nitrogens is 2. The Labute approximate surface area is 549 Å². The number of rotatable bonds is 11. The lowest BCUT2D eigenvalue weighted by Gasteiger charge is -2.30. The molecule has 0 bridgehead atoms. The fraction of sp³-hybridized carbons (Fsp3) is 0.455. The second-order valence-electron chi connectivity index (χ2n) is 19.7. The second-order valence-corrected chi connectivity index (χ2v) is 20.9. The summed E-state index contributed by atoms with van der Waals surface area (Å²) in [5.41, 5.74) is 11.6. The smallest absolute Gasteiger partial charge is 0.304 e. The molecule has 3 aliphatic heterocycles. The third kappa shape index (κ3) is 34.7. The van der Waals surface area contributed by atoms with E-state index in [0.717, 1.165) is 94.1 Å². The molecule has 4 fully saturated rings. The standard InChI is InChI=1S/C17H19N3O.C11H14N2O2.C11H16N2.C6H4ClNO.C6H4FNO2.C6H15N.C6H12.CH2Cl2.CH3F.CH4O.ClH/c21-17(14-8-10-18-11-9-14)19-15-6-2-3-7-16(15)20-12-4-1-5-13-20;14-13(15)11-7-3-2-6-10(11)12-8-4-1-5-9-12;12-10-6-2-3-7-11(10)13-8-4-1-5-9-13;7-6(9)5-1-3-8-4-2-5;7-5-3-1-2-4-6(5)8(9)10;1-4-7(5-2)6-3;1-2-4-6-5-3-1;2-1-3;2*1-2;/h2-3,6-11H,1,4-5,12-13H2,(H,19,21);2-3,6-7H,1,4-5,8-9H2;2-3,6-7H,1,4-5,8-9,12H2;1-4H;1-4H;4-6H2,1-3H3;1-6H2;1H2;1H3;2H,1H3;1H/i;;;;;;;;1D;;. The summed E-state index contributed by atoms with van der Waals surface area (Å²) in [5, 5.41) is 30.6. The molecule has 6 aromatic rings. The van der Waals surface area contributed by atoms with Crippen molar-refractivity contribution in [2.45, 2.75) is 117 Å². The van der Waals surface area contributed by atoms with Gasteiger partial charge in [0.1, 0.15) is 5.69 Å². The summed E-state index contributed by atoms with van der Waals surface area (Å²) in [6.07, 6.45) is 26.5. The summed E-state index contributed by atoms with van der Waals surface area (Å²) < 4.78 is 27.9. The number of nitro groups is 2. The van der Waals surface area contributed by atoms with E-state index < -0.39 is 28.8 Å². The van der Waals surface area contributed by atoms with E-state index >= 15 is 0 Å². The van der Waals surface area contributed by atoms with Gasteiger partial charge in [0.25, 0.3) is 16.8 Å². The first-order valence-electron chi connectivity index (χ1n) is 30.7. The van der Waals surface area contributed by atoms with Crippen molar-refractivity contribution < 1.29 is 34.7 Å². The maximum absolute atomic E-state index is 12.4. The number of amides is 1. The van der Waals surface area contributed by atoms with Gasteiger partial charge in [0, 0.05) is 94.4 Å². The zero-order chi connectivity index (χ0) is 65.9. The molecule has 4 N–H and O–H groups in total. The fourth-order valence-corrected chi connectivity index (χ4v) is 9.56. The number of hydrogen-bond acceptors (Lipinski definition) is 14. The number of carbonyl (C=O) groups is 2. The van der Waals surface area contributed by atoms with E-state index in [1.807, 2.05) is 42.5 Å². The Kier molecular flexibility index (Phi) is 47.9. The van der Waals surface area contributed by atoms with Crippen molar-refractivity contribution in [1.29, 1.82) is 0 Å². The maximum atomic E-state index is 12.4. The summed E-state index contributed by atoms with van der Waals surface area (Å²) in [7, 11) is 0. The van der Waals surface area contributed by atoms with Gasteiger partial charge in [-0.25, -0.2) is 0 Å². The summed E-state index contributed by atoms with van der Waals surface area (Å²) >= 11 is 14.7.